The lowest BCUT2D eigenvalue weighted by molar-refractivity contribution is -0.145. The minimum Gasteiger partial charge on any atom is -0.481 e. The average Bonchev–Trinajstić information content (AvgIpc) is 3.24. The molecule has 2 aromatic rings. The second-order valence-corrected chi connectivity index (χ2v) is 9.74. The van der Waals surface area contributed by atoms with E-state index in [2.05, 4.69) is 5.10 Å². The van der Waals surface area contributed by atoms with Crippen molar-refractivity contribution < 1.29 is 24.2 Å². The van der Waals surface area contributed by atoms with Crippen molar-refractivity contribution >= 4 is 29.6 Å². The van der Waals surface area contributed by atoms with Crippen molar-refractivity contribution in [3.8, 4) is 0 Å². The highest BCUT2D eigenvalue weighted by atomic mass is 35.5. The molecule has 2 amide bonds. The number of hydrogen-bond donors (Lipinski definition) is 1. The van der Waals surface area contributed by atoms with Gasteiger partial charge in [0.15, 0.2) is 5.69 Å². The predicted octanol–water partition coefficient (Wildman–Crippen LogP) is 3.55. The van der Waals surface area contributed by atoms with E-state index in [0.717, 1.165) is 30.5 Å². The number of carboxylic acids is 1. The van der Waals surface area contributed by atoms with Gasteiger partial charge >= 0.3 is 12.1 Å². The third-order valence-electron chi connectivity index (χ3n) is 7.08. The van der Waals surface area contributed by atoms with Crippen LogP contribution in [-0.2, 0) is 29.2 Å². The lowest BCUT2D eigenvalue weighted by Crippen LogP contribution is -2.55. The minimum atomic E-state index is -0.774. The maximum atomic E-state index is 13.4. The van der Waals surface area contributed by atoms with Gasteiger partial charge in [-0.3, -0.25) is 14.3 Å². The van der Waals surface area contributed by atoms with E-state index in [1.165, 1.54) is 0 Å². The quantitative estimate of drug-likeness (QED) is 0.708. The van der Waals surface area contributed by atoms with Crippen LogP contribution in [0.3, 0.4) is 0 Å². The summed E-state index contributed by atoms with van der Waals surface area (Å²) in [6.07, 6.45) is 3.23. The summed E-state index contributed by atoms with van der Waals surface area (Å²) in [5.74, 6) is -1.31. The van der Waals surface area contributed by atoms with Crippen LogP contribution in [0.4, 0.5) is 4.79 Å². The largest absolute Gasteiger partial charge is 0.481 e. The maximum Gasteiger partial charge on any atom is 0.410 e. The molecular weight excluding hydrogens is 460 g/mol. The summed E-state index contributed by atoms with van der Waals surface area (Å²) in [5, 5.41) is 14.6. The molecule has 4 heterocycles. The summed E-state index contributed by atoms with van der Waals surface area (Å²) in [4.78, 5) is 41.0. The molecule has 10 heteroatoms. The van der Waals surface area contributed by atoms with E-state index in [0.29, 0.717) is 43.2 Å². The Bertz CT molecular complexity index is 1100. The second kappa shape index (κ2) is 9.29. The van der Waals surface area contributed by atoms with Crippen LogP contribution in [0.2, 0.25) is 5.02 Å². The van der Waals surface area contributed by atoms with E-state index < -0.39 is 12.1 Å². The van der Waals surface area contributed by atoms with Crippen LogP contribution in [0.15, 0.2) is 30.3 Å². The number of rotatable bonds is 4. The van der Waals surface area contributed by atoms with Crippen LogP contribution in [0, 0.1) is 5.92 Å². The van der Waals surface area contributed by atoms with Crippen LogP contribution >= 0.6 is 11.6 Å². The summed E-state index contributed by atoms with van der Waals surface area (Å²) in [5.41, 5.74) is 1.95. The molecule has 34 heavy (non-hydrogen) atoms. The molecule has 1 N–H and O–H groups in total. The van der Waals surface area contributed by atoms with Gasteiger partial charge in [0.05, 0.1) is 24.7 Å². The number of piperidine rings is 2. The molecule has 2 unspecified atom stereocenters. The molecule has 0 saturated carbocycles. The van der Waals surface area contributed by atoms with Crippen LogP contribution in [0.25, 0.3) is 0 Å². The molecule has 3 aliphatic heterocycles. The first-order valence-electron chi connectivity index (χ1n) is 11.7. The summed E-state index contributed by atoms with van der Waals surface area (Å²) in [6, 6.07) is 8.80. The number of benzene rings is 1. The monoisotopic (exact) mass is 486 g/mol. The molecule has 2 fully saturated rings. The highest BCUT2D eigenvalue weighted by Gasteiger charge is 2.44. The molecule has 2 bridgehead atoms. The van der Waals surface area contributed by atoms with Gasteiger partial charge in [-0.2, -0.15) is 5.10 Å². The van der Waals surface area contributed by atoms with Gasteiger partial charge in [0.25, 0.3) is 5.91 Å². The molecule has 9 nitrogen and oxygen atoms in total. The standard InChI is InChI=1S/C24H27ClN4O5/c25-17-4-1-3-15(9-17)14-34-24(33)27-7-8-28-20(13-27)12-21(26-28)22(30)29-18-5-2-6-19(29)11-16(10-18)23(31)32/h1,3-4,9,12,16,18-19H,2,5-8,10-11,13-14H2,(H,31,32). The Balaban J connectivity index is 1.24. The Labute approximate surface area is 202 Å². The zero-order chi connectivity index (χ0) is 23.8. The van der Waals surface area contributed by atoms with Gasteiger partial charge in [-0.05, 0) is 55.9 Å². The van der Waals surface area contributed by atoms with E-state index in [1.54, 1.807) is 27.8 Å². The first kappa shape index (κ1) is 22.7. The van der Waals surface area contributed by atoms with Crippen molar-refractivity contribution in [2.24, 2.45) is 5.92 Å². The predicted molar refractivity (Wildman–Crippen MR) is 122 cm³/mol. The Hall–Kier alpha value is -3.07. The number of amides is 2. The van der Waals surface area contributed by atoms with Gasteiger partial charge in [0.1, 0.15) is 6.61 Å². The molecule has 2 saturated heterocycles. The Morgan fingerprint density at radius 1 is 1.12 bits per heavy atom. The zero-order valence-electron chi connectivity index (χ0n) is 18.7. The van der Waals surface area contributed by atoms with Crippen molar-refractivity contribution in [3.63, 3.8) is 0 Å². The van der Waals surface area contributed by atoms with Crippen molar-refractivity contribution in [1.29, 1.82) is 0 Å². The van der Waals surface area contributed by atoms with E-state index in [-0.39, 0.29) is 30.5 Å². The number of aromatic nitrogens is 2. The molecule has 0 spiro atoms. The van der Waals surface area contributed by atoms with Crippen molar-refractivity contribution in [1.82, 2.24) is 19.6 Å². The molecule has 1 aromatic carbocycles. The minimum absolute atomic E-state index is 0.0576. The van der Waals surface area contributed by atoms with Crippen LogP contribution in [0.1, 0.15) is 53.8 Å². The highest BCUT2D eigenvalue weighted by molar-refractivity contribution is 6.30. The molecule has 0 radical (unpaired) electrons. The van der Waals surface area contributed by atoms with Gasteiger partial charge in [0.2, 0.25) is 0 Å². The third kappa shape index (κ3) is 4.49. The van der Waals surface area contributed by atoms with Crippen molar-refractivity contribution in [2.75, 3.05) is 6.54 Å². The van der Waals surface area contributed by atoms with E-state index in [1.807, 2.05) is 17.0 Å². The number of nitrogens with zero attached hydrogens (tertiary/aromatic N) is 4. The highest BCUT2D eigenvalue weighted by Crippen LogP contribution is 2.38. The van der Waals surface area contributed by atoms with Crippen LogP contribution in [0.5, 0.6) is 0 Å². The topological polar surface area (TPSA) is 105 Å². The van der Waals surface area contributed by atoms with Crippen LogP contribution in [-0.4, -0.2) is 61.3 Å². The number of carbonyl (C=O) groups excluding carboxylic acids is 2. The molecule has 180 valence electrons. The smallest absolute Gasteiger partial charge is 0.410 e. The first-order valence-corrected chi connectivity index (χ1v) is 12.0. The summed E-state index contributed by atoms with van der Waals surface area (Å²) < 4.78 is 7.21. The van der Waals surface area contributed by atoms with Crippen molar-refractivity contribution in [2.45, 2.75) is 63.9 Å². The number of halogens is 1. The Morgan fingerprint density at radius 2 is 1.88 bits per heavy atom. The molecule has 1 aromatic heterocycles. The Morgan fingerprint density at radius 3 is 2.59 bits per heavy atom. The lowest BCUT2D eigenvalue weighted by atomic mass is 9.78. The van der Waals surface area contributed by atoms with E-state index in [9.17, 15) is 19.5 Å². The summed E-state index contributed by atoms with van der Waals surface area (Å²) >= 11 is 5.98. The van der Waals surface area contributed by atoms with Gasteiger partial charge in [-0.15, -0.1) is 0 Å². The summed E-state index contributed by atoms with van der Waals surface area (Å²) in [6.45, 7) is 1.35. The van der Waals surface area contributed by atoms with Gasteiger partial charge < -0.3 is 19.6 Å². The number of ether oxygens (including phenoxy) is 1. The second-order valence-electron chi connectivity index (χ2n) is 9.31. The maximum absolute atomic E-state index is 13.4. The third-order valence-corrected chi connectivity index (χ3v) is 7.32. The van der Waals surface area contributed by atoms with Gasteiger partial charge in [0, 0.05) is 23.7 Å². The SMILES string of the molecule is O=C(O)C1CC2CCCC(C1)N2C(=O)c1cc2n(n1)CCN(C(=O)OCc1cccc(Cl)c1)C2. The average molecular weight is 487 g/mol. The normalized spacial score (nSPS) is 23.9. The fraction of sp³-hybridized carbons (Fsp3) is 0.500. The fourth-order valence-corrected chi connectivity index (χ4v) is 5.65. The number of aliphatic carboxylic acids is 1. The molecule has 5 rings (SSSR count). The molecule has 2 atom stereocenters. The van der Waals surface area contributed by atoms with Crippen molar-refractivity contribution in [3.05, 3.63) is 52.3 Å². The molecular formula is C24H27ClN4O5. The van der Waals surface area contributed by atoms with Gasteiger partial charge in [-0.1, -0.05) is 23.7 Å². The van der Waals surface area contributed by atoms with E-state index >= 15 is 0 Å². The number of hydrogen-bond acceptors (Lipinski definition) is 5. The van der Waals surface area contributed by atoms with Crippen LogP contribution < -0.4 is 0 Å². The molecule has 3 aliphatic rings. The van der Waals surface area contributed by atoms with Gasteiger partial charge in [-0.25, -0.2) is 4.79 Å². The fourth-order valence-electron chi connectivity index (χ4n) is 5.44. The lowest BCUT2D eigenvalue weighted by Gasteiger charge is -2.47. The van der Waals surface area contributed by atoms with E-state index in [4.69, 9.17) is 16.3 Å². The first-order chi connectivity index (χ1) is 16.4. The number of carbonyl (C=O) groups is 3. The number of carboxylic acid groups (broad SMARTS) is 1. The summed E-state index contributed by atoms with van der Waals surface area (Å²) in [7, 11) is 0. The Kier molecular flexibility index (Phi) is 6.20. The zero-order valence-corrected chi connectivity index (χ0v) is 19.5. The molecule has 0 aliphatic carbocycles. The number of fused-ring (bicyclic) bond motifs is 3.